The molecule has 0 unspecified atom stereocenters. The number of H-pyrrole nitrogens is 1. The van der Waals surface area contributed by atoms with E-state index >= 15 is 0 Å². The van der Waals surface area contributed by atoms with E-state index in [1.165, 1.54) is 6.20 Å². The Labute approximate surface area is 227 Å². The number of thioether (sulfide) groups is 1. The van der Waals surface area contributed by atoms with E-state index in [9.17, 15) is 9.59 Å². The minimum Gasteiger partial charge on any atom is -0.461 e. The van der Waals surface area contributed by atoms with Crippen molar-refractivity contribution >= 4 is 24.0 Å². The van der Waals surface area contributed by atoms with E-state index in [-0.39, 0.29) is 5.97 Å². The van der Waals surface area contributed by atoms with Crippen molar-refractivity contribution < 1.29 is 14.3 Å². The SMILES string of the molecule is CCOC(=O)c1cnc(SCCCCC2(C=O)c3ccccc3-c3ccccc32)[nH]1.NCc1ccccn1. The van der Waals surface area contributed by atoms with Crippen LogP contribution < -0.4 is 5.73 Å². The number of nitrogens with one attached hydrogen (secondary N) is 1. The number of carbonyl (C=O) groups excluding carboxylic acids is 2. The second kappa shape index (κ2) is 13.2. The van der Waals surface area contributed by atoms with Gasteiger partial charge in [0, 0.05) is 18.5 Å². The first-order chi connectivity index (χ1) is 18.6. The predicted molar refractivity (Wildman–Crippen MR) is 150 cm³/mol. The van der Waals surface area contributed by atoms with Crippen LogP contribution in [0.25, 0.3) is 11.1 Å². The molecular weight excluding hydrogens is 496 g/mol. The van der Waals surface area contributed by atoms with Crippen molar-refractivity contribution in [3.63, 3.8) is 0 Å². The van der Waals surface area contributed by atoms with Gasteiger partial charge in [-0.25, -0.2) is 9.78 Å². The lowest BCUT2D eigenvalue weighted by Gasteiger charge is -2.25. The highest BCUT2D eigenvalue weighted by Gasteiger charge is 2.42. The molecule has 0 atom stereocenters. The molecular formula is C30H32N4O3S. The van der Waals surface area contributed by atoms with E-state index in [0.29, 0.717) is 24.0 Å². The minimum absolute atomic E-state index is 0.338. The molecule has 3 N–H and O–H groups in total. The van der Waals surface area contributed by atoms with Gasteiger partial charge >= 0.3 is 5.97 Å². The number of esters is 1. The average Bonchev–Trinajstić information content (AvgIpc) is 3.56. The first-order valence-corrected chi connectivity index (χ1v) is 13.7. The smallest absolute Gasteiger partial charge is 0.356 e. The number of hydrogen-bond acceptors (Lipinski definition) is 7. The van der Waals surface area contributed by atoms with Gasteiger partial charge in [-0.3, -0.25) is 4.98 Å². The Hall–Kier alpha value is -3.75. The van der Waals surface area contributed by atoms with E-state index in [2.05, 4.69) is 39.2 Å². The van der Waals surface area contributed by atoms with Crippen LogP contribution in [0.15, 0.2) is 84.3 Å². The van der Waals surface area contributed by atoms with E-state index in [1.807, 2.05) is 42.5 Å². The zero-order chi connectivity index (χ0) is 26.8. The van der Waals surface area contributed by atoms with Crippen molar-refractivity contribution in [2.75, 3.05) is 12.4 Å². The van der Waals surface area contributed by atoms with Crippen LogP contribution in [0.2, 0.25) is 0 Å². The molecule has 8 heteroatoms. The Morgan fingerprint density at radius 1 is 1.00 bits per heavy atom. The molecule has 2 aromatic carbocycles. The quantitative estimate of drug-likeness (QED) is 0.120. The predicted octanol–water partition coefficient (Wildman–Crippen LogP) is 5.55. The van der Waals surface area contributed by atoms with Crippen LogP contribution in [0.3, 0.4) is 0 Å². The maximum absolute atomic E-state index is 12.4. The first-order valence-electron chi connectivity index (χ1n) is 12.7. The van der Waals surface area contributed by atoms with E-state index in [4.69, 9.17) is 10.5 Å². The Balaban J connectivity index is 0.000000360. The summed E-state index contributed by atoms with van der Waals surface area (Å²) in [5, 5.41) is 0.708. The van der Waals surface area contributed by atoms with Crippen molar-refractivity contribution in [1.82, 2.24) is 15.0 Å². The van der Waals surface area contributed by atoms with E-state index in [0.717, 1.165) is 59.2 Å². The van der Waals surface area contributed by atoms with Gasteiger partial charge in [-0.1, -0.05) is 72.8 Å². The fourth-order valence-electron chi connectivity index (χ4n) is 4.70. The largest absolute Gasteiger partial charge is 0.461 e. The fraction of sp³-hybridized carbons (Fsp3) is 0.267. The van der Waals surface area contributed by atoms with Crippen molar-refractivity contribution in [2.24, 2.45) is 5.73 Å². The molecule has 0 saturated carbocycles. The molecule has 0 radical (unpaired) electrons. The number of aldehydes is 1. The summed E-state index contributed by atoms with van der Waals surface area (Å²) < 4.78 is 4.97. The van der Waals surface area contributed by atoms with Crippen LogP contribution in [-0.4, -0.2) is 39.6 Å². The molecule has 38 heavy (non-hydrogen) atoms. The maximum Gasteiger partial charge on any atom is 0.356 e. The lowest BCUT2D eigenvalue weighted by atomic mass is 9.75. The molecule has 0 aliphatic heterocycles. The van der Waals surface area contributed by atoms with Gasteiger partial charge in [0.15, 0.2) is 5.16 Å². The third-order valence-corrected chi connectivity index (χ3v) is 7.47. The zero-order valence-corrected chi connectivity index (χ0v) is 22.2. The minimum atomic E-state index is -0.570. The number of benzene rings is 2. The first kappa shape index (κ1) is 27.3. The lowest BCUT2D eigenvalue weighted by molar-refractivity contribution is -0.111. The van der Waals surface area contributed by atoms with E-state index in [1.54, 1.807) is 24.9 Å². The summed E-state index contributed by atoms with van der Waals surface area (Å²) in [5.74, 6) is 0.469. The molecule has 1 aliphatic rings. The van der Waals surface area contributed by atoms with Gasteiger partial charge in [0.25, 0.3) is 0 Å². The molecule has 0 amide bonds. The van der Waals surface area contributed by atoms with Gasteiger partial charge in [-0.15, -0.1) is 0 Å². The number of fused-ring (bicyclic) bond motifs is 3. The van der Waals surface area contributed by atoms with E-state index < -0.39 is 5.41 Å². The number of nitrogens with zero attached hydrogens (tertiary/aromatic N) is 2. The van der Waals surface area contributed by atoms with Crippen LogP contribution >= 0.6 is 11.8 Å². The number of imidazole rings is 1. The molecule has 196 valence electrons. The Bertz CT molecular complexity index is 1310. The molecule has 7 nitrogen and oxygen atoms in total. The van der Waals surface area contributed by atoms with Crippen molar-refractivity contribution in [2.45, 2.75) is 43.3 Å². The van der Waals surface area contributed by atoms with Crippen LogP contribution in [0.1, 0.15) is 53.5 Å². The van der Waals surface area contributed by atoms with Crippen LogP contribution in [0.4, 0.5) is 0 Å². The van der Waals surface area contributed by atoms with Gasteiger partial charge in [0.2, 0.25) is 0 Å². The van der Waals surface area contributed by atoms with Crippen LogP contribution in [0, 0.1) is 0 Å². The van der Waals surface area contributed by atoms with Crippen molar-refractivity contribution in [3.8, 4) is 11.1 Å². The van der Waals surface area contributed by atoms with Gasteiger partial charge in [0.05, 0.1) is 23.9 Å². The summed E-state index contributed by atoms with van der Waals surface area (Å²) in [5.41, 5.74) is 10.6. The van der Waals surface area contributed by atoms with Gasteiger partial charge < -0.3 is 20.2 Å². The molecule has 0 fully saturated rings. The maximum atomic E-state index is 12.4. The Morgan fingerprint density at radius 3 is 2.26 bits per heavy atom. The van der Waals surface area contributed by atoms with Crippen LogP contribution in [-0.2, 0) is 21.5 Å². The summed E-state index contributed by atoms with van der Waals surface area (Å²) >= 11 is 1.57. The highest BCUT2D eigenvalue weighted by atomic mass is 32.2. The number of unbranched alkanes of at least 4 members (excludes halogenated alkanes) is 1. The normalized spacial score (nSPS) is 12.6. The number of aromatic amines is 1. The fourth-order valence-corrected chi connectivity index (χ4v) is 5.55. The topological polar surface area (TPSA) is 111 Å². The third kappa shape index (κ3) is 6.03. The number of hydrogen-bond donors (Lipinski definition) is 2. The number of aromatic nitrogens is 3. The molecule has 2 aromatic heterocycles. The lowest BCUT2D eigenvalue weighted by Crippen LogP contribution is -2.27. The monoisotopic (exact) mass is 528 g/mol. The van der Waals surface area contributed by atoms with Crippen molar-refractivity contribution in [3.05, 3.63) is 102 Å². The number of rotatable bonds is 10. The summed E-state index contributed by atoms with van der Waals surface area (Å²) in [4.78, 5) is 35.3. The molecule has 2 heterocycles. The van der Waals surface area contributed by atoms with Gasteiger partial charge in [-0.2, -0.15) is 0 Å². The highest BCUT2D eigenvalue weighted by molar-refractivity contribution is 7.99. The number of carbonyl (C=O) groups is 2. The molecule has 5 rings (SSSR count). The molecule has 1 aliphatic carbocycles. The third-order valence-electron chi connectivity index (χ3n) is 6.49. The second-order valence-corrected chi connectivity index (χ2v) is 9.92. The summed E-state index contributed by atoms with van der Waals surface area (Å²) in [7, 11) is 0. The Morgan fingerprint density at radius 2 is 1.68 bits per heavy atom. The summed E-state index contributed by atoms with van der Waals surface area (Å²) in [6, 6.07) is 22.2. The summed E-state index contributed by atoms with van der Waals surface area (Å²) in [6.07, 6.45) is 7.01. The van der Waals surface area contributed by atoms with Crippen molar-refractivity contribution in [1.29, 1.82) is 0 Å². The zero-order valence-electron chi connectivity index (χ0n) is 21.4. The highest BCUT2D eigenvalue weighted by Crippen LogP contribution is 2.50. The number of ether oxygens (including phenoxy) is 1. The van der Waals surface area contributed by atoms with Gasteiger partial charge in [-0.05, 0) is 54.2 Å². The second-order valence-electron chi connectivity index (χ2n) is 8.83. The Kier molecular flexibility index (Phi) is 9.46. The summed E-state index contributed by atoms with van der Waals surface area (Å²) in [6.45, 7) is 2.64. The molecule has 0 bridgehead atoms. The molecule has 4 aromatic rings. The standard InChI is InChI=1S/C24H24N2O3S.C6H8N2/c1-2-29-22(28)21-15-25-23(26-21)30-14-8-7-13-24(16-27)19-11-5-3-9-17(19)18-10-4-6-12-20(18)24;7-5-6-3-1-2-4-8-6/h3-6,9-12,15-16H,2,7-8,13-14H2,1H3,(H,25,26);1-4H,5,7H2. The van der Waals surface area contributed by atoms with Gasteiger partial charge in [0.1, 0.15) is 12.0 Å². The number of pyridine rings is 1. The number of nitrogens with two attached hydrogens (primary N) is 1. The average molecular weight is 529 g/mol. The molecule has 0 spiro atoms. The van der Waals surface area contributed by atoms with Crippen LogP contribution in [0.5, 0.6) is 0 Å². The molecule has 0 saturated heterocycles.